The molecule has 0 heterocycles. The predicted molar refractivity (Wildman–Crippen MR) is 101 cm³/mol. The molecular formula is C23H30N2. The molecule has 0 saturated heterocycles. The monoisotopic (exact) mass is 334 g/mol. The van der Waals surface area contributed by atoms with Crippen molar-refractivity contribution in [3.05, 3.63) is 34.9 Å². The third kappa shape index (κ3) is 4.24. The minimum absolute atomic E-state index is 0.503. The topological polar surface area (TPSA) is 47.6 Å². The van der Waals surface area contributed by atoms with Gasteiger partial charge in [0.2, 0.25) is 0 Å². The van der Waals surface area contributed by atoms with Crippen molar-refractivity contribution in [2.45, 2.75) is 77.0 Å². The van der Waals surface area contributed by atoms with Gasteiger partial charge in [-0.1, -0.05) is 38.7 Å². The molecule has 0 radical (unpaired) electrons. The molecule has 0 amide bonds. The third-order valence-corrected chi connectivity index (χ3v) is 6.78. The molecule has 0 unspecified atom stereocenters. The van der Waals surface area contributed by atoms with Crippen LogP contribution >= 0.6 is 0 Å². The van der Waals surface area contributed by atoms with Crippen LogP contribution in [0.4, 0.5) is 0 Å². The van der Waals surface area contributed by atoms with E-state index in [9.17, 15) is 5.26 Å². The van der Waals surface area contributed by atoms with Crippen molar-refractivity contribution in [2.24, 2.45) is 17.8 Å². The van der Waals surface area contributed by atoms with Gasteiger partial charge < -0.3 is 0 Å². The van der Waals surface area contributed by atoms with Crippen LogP contribution in [0.2, 0.25) is 0 Å². The van der Waals surface area contributed by atoms with Crippen LogP contribution in [0.3, 0.4) is 0 Å². The molecule has 0 spiro atoms. The second kappa shape index (κ2) is 8.53. The quantitative estimate of drug-likeness (QED) is 0.647. The maximum Gasteiger partial charge on any atom is 0.101 e. The zero-order valence-corrected chi connectivity index (χ0v) is 15.5. The van der Waals surface area contributed by atoms with E-state index in [1.807, 2.05) is 12.1 Å². The Morgan fingerprint density at radius 2 is 1.44 bits per heavy atom. The van der Waals surface area contributed by atoms with E-state index < -0.39 is 0 Å². The second-order valence-electron chi connectivity index (χ2n) is 8.21. The fourth-order valence-electron chi connectivity index (χ4n) is 5.29. The third-order valence-electron chi connectivity index (χ3n) is 6.78. The van der Waals surface area contributed by atoms with Crippen molar-refractivity contribution in [1.29, 1.82) is 10.5 Å². The molecule has 2 nitrogen and oxygen atoms in total. The van der Waals surface area contributed by atoms with Crippen LogP contribution in [0.15, 0.2) is 18.2 Å². The summed E-state index contributed by atoms with van der Waals surface area (Å²) < 4.78 is 0. The minimum Gasteiger partial charge on any atom is -0.192 e. The fraction of sp³-hybridized carbons (Fsp3) is 0.652. The van der Waals surface area contributed by atoms with Gasteiger partial charge in [-0.3, -0.25) is 0 Å². The number of hydrogen-bond acceptors (Lipinski definition) is 2. The SMILES string of the molecule is CCC[C@H]1CC[C@H]([C@H]2CC[C@H](c3ccc(C#N)c(C#N)c3)CC2)CC1. The largest absolute Gasteiger partial charge is 0.192 e. The van der Waals surface area contributed by atoms with Crippen molar-refractivity contribution in [3.8, 4) is 12.1 Å². The van der Waals surface area contributed by atoms with Crippen LogP contribution in [0.25, 0.3) is 0 Å². The minimum atomic E-state index is 0.503. The Balaban J connectivity index is 1.54. The van der Waals surface area contributed by atoms with Crippen molar-refractivity contribution in [3.63, 3.8) is 0 Å². The van der Waals surface area contributed by atoms with Gasteiger partial charge in [-0.2, -0.15) is 10.5 Å². The lowest BCUT2D eigenvalue weighted by atomic mass is 9.68. The Labute approximate surface area is 152 Å². The normalized spacial score (nSPS) is 29.6. The second-order valence-corrected chi connectivity index (χ2v) is 8.21. The molecule has 2 aliphatic rings. The summed E-state index contributed by atoms with van der Waals surface area (Å²) in [6, 6.07) is 10.2. The van der Waals surface area contributed by atoms with Crippen LogP contribution in [-0.4, -0.2) is 0 Å². The average Bonchev–Trinajstić information content (AvgIpc) is 2.68. The number of hydrogen-bond donors (Lipinski definition) is 0. The van der Waals surface area contributed by atoms with Gasteiger partial charge in [0.25, 0.3) is 0 Å². The van der Waals surface area contributed by atoms with Gasteiger partial charge in [-0.25, -0.2) is 0 Å². The van der Waals surface area contributed by atoms with Crippen LogP contribution in [0.1, 0.15) is 93.7 Å². The van der Waals surface area contributed by atoms with E-state index in [1.165, 1.54) is 69.8 Å². The first-order valence-electron chi connectivity index (χ1n) is 10.2. The van der Waals surface area contributed by atoms with Crippen molar-refractivity contribution in [1.82, 2.24) is 0 Å². The van der Waals surface area contributed by atoms with Gasteiger partial charge in [0, 0.05) is 0 Å². The van der Waals surface area contributed by atoms with Gasteiger partial charge in [-0.15, -0.1) is 0 Å². The van der Waals surface area contributed by atoms with E-state index in [0.29, 0.717) is 17.0 Å². The number of benzene rings is 1. The number of nitrogens with zero attached hydrogens (tertiary/aromatic N) is 2. The Morgan fingerprint density at radius 3 is 2.00 bits per heavy atom. The highest BCUT2D eigenvalue weighted by Crippen LogP contribution is 2.44. The van der Waals surface area contributed by atoms with Crippen molar-refractivity contribution >= 4 is 0 Å². The summed E-state index contributed by atoms with van der Waals surface area (Å²) in [5.74, 6) is 3.46. The summed E-state index contributed by atoms with van der Waals surface area (Å²) in [5, 5.41) is 18.3. The Morgan fingerprint density at radius 1 is 0.840 bits per heavy atom. The highest BCUT2D eigenvalue weighted by molar-refractivity contribution is 5.48. The first kappa shape index (κ1) is 18.0. The molecule has 2 saturated carbocycles. The van der Waals surface area contributed by atoms with Crippen LogP contribution in [0.5, 0.6) is 0 Å². The highest BCUT2D eigenvalue weighted by atomic mass is 14.4. The molecule has 3 rings (SSSR count). The predicted octanol–water partition coefficient (Wildman–Crippen LogP) is 6.31. The van der Waals surface area contributed by atoms with Crippen LogP contribution < -0.4 is 0 Å². The summed E-state index contributed by atoms with van der Waals surface area (Å²) in [4.78, 5) is 0. The first-order chi connectivity index (χ1) is 12.2. The Bertz CT molecular complexity index is 648. The summed E-state index contributed by atoms with van der Waals surface area (Å²) in [7, 11) is 0. The molecule has 1 aromatic carbocycles. The van der Waals surface area contributed by atoms with Crippen LogP contribution in [-0.2, 0) is 0 Å². The molecular weight excluding hydrogens is 304 g/mol. The van der Waals surface area contributed by atoms with Gasteiger partial charge >= 0.3 is 0 Å². The van der Waals surface area contributed by atoms with Gasteiger partial charge in [-0.05, 0) is 79.9 Å². The van der Waals surface area contributed by atoms with E-state index in [2.05, 4.69) is 25.1 Å². The van der Waals surface area contributed by atoms with E-state index in [-0.39, 0.29) is 0 Å². The molecule has 1 aromatic rings. The van der Waals surface area contributed by atoms with Crippen LogP contribution in [0, 0.1) is 40.4 Å². The molecule has 0 N–H and O–H groups in total. The zero-order valence-electron chi connectivity index (χ0n) is 15.5. The fourth-order valence-corrected chi connectivity index (χ4v) is 5.29. The molecule has 0 aromatic heterocycles. The summed E-state index contributed by atoms with van der Waals surface area (Å²) >= 11 is 0. The smallest absolute Gasteiger partial charge is 0.101 e. The highest BCUT2D eigenvalue weighted by Gasteiger charge is 2.31. The lowest BCUT2D eigenvalue weighted by Gasteiger charge is -2.38. The lowest BCUT2D eigenvalue weighted by Crippen LogP contribution is -2.25. The average molecular weight is 335 g/mol. The van der Waals surface area contributed by atoms with E-state index in [4.69, 9.17) is 5.26 Å². The van der Waals surface area contributed by atoms with Gasteiger partial charge in [0.15, 0.2) is 0 Å². The molecule has 0 aliphatic heterocycles. The first-order valence-corrected chi connectivity index (χ1v) is 10.2. The van der Waals surface area contributed by atoms with E-state index in [0.717, 1.165) is 17.8 Å². The number of rotatable bonds is 4. The molecule has 2 aliphatic carbocycles. The molecule has 0 atom stereocenters. The summed E-state index contributed by atoms with van der Waals surface area (Å²) in [6.45, 7) is 2.31. The molecule has 2 fully saturated rings. The van der Waals surface area contributed by atoms with Crippen molar-refractivity contribution < 1.29 is 0 Å². The molecule has 132 valence electrons. The summed E-state index contributed by atoms with van der Waals surface area (Å²) in [6.07, 6.45) is 13.8. The van der Waals surface area contributed by atoms with Gasteiger partial charge in [0.1, 0.15) is 12.1 Å². The molecule has 0 bridgehead atoms. The Kier molecular flexibility index (Phi) is 6.14. The number of nitriles is 2. The molecule has 25 heavy (non-hydrogen) atoms. The van der Waals surface area contributed by atoms with Gasteiger partial charge in [0.05, 0.1) is 11.1 Å². The zero-order chi connectivity index (χ0) is 17.6. The Hall–Kier alpha value is -1.80. The maximum atomic E-state index is 9.24. The standard InChI is InChI=1S/C23H30N2/c1-2-3-17-4-6-18(7-5-17)19-8-10-20(11-9-19)21-12-13-22(15-24)23(14-21)16-25/h12-14,17-20H,2-11H2,1H3/t17-,18-,19-,20-. The lowest BCUT2D eigenvalue weighted by molar-refractivity contribution is 0.156. The molecule has 2 heteroatoms. The van der Waals surface area contributed by atoms with Crippen molar-refractivity contribution in [2.75, 3.05) is 0 Å². The summed E-state index contributed by atoms with van der Waals surface area (Å²) in [5.41, 5.74) is 2.31. The van der Waals surface area contributed by atoms with E-state index >= 15 is 0 Å². The maximum absolute atomic E-state index is 9.24. The van der Waals surface area contributed by atoms with E-state index in [1.54, 1.807) is 0 Å².